The van der Waals surface area contributed by atoms with Gasteiger partial charge in [-0.05, 0) is 68.1 Å². The second kappa shape index (κ2) is 9.13. The minimum atomic E-state index is -0.601. The standard InChI is InChI=1S/C29H25FN4O3/c1-17(2)25-23(28(36)34(31-25)22-13-9-20(30)10-14-22)24-26(32-15-5-6-19(4)16-32)29(37)33(27(24)35)21-11-7-18(3)8-12-21/h5-17H,1-4H3. The highest BCUT2D eigenvalue weighted by Gasteiger charge is 2.47. The van der Waals surface area contributed by atoms with Crippen molar-refractivity contribution in [3.8, 4) is 11.6 Å². The van der Waals surface area contributed by atoms with Gasteiger partial charge in [-0.2, -0.15) is 9.67 Å². The Morgan fingerprint density at radius 2 is 1.54 bits per heavy atom. The van der Waals surface area contributed by atoms with Crippen LogP contribution in [0, 0.1) is 19.7 Å². The van der Waals surface area contributed by atoms with E-state index in [9.17, 15) is 19.1 Å². The second-order valence-electron chi connectivity index (χ2n) is 9.40. The van der Waals surface area contributed by atoms with E-state index in [4.69, 9.17) is 0 Å². The number of hydrogen-bond donors (Lipinski definition) is 0. The molecule has 0 fully saturated rings. The van der Waals surface area contributed by atoms with Gasteiger partial charge in [0.15, 0.2) is 12.4 Å². The monoisotopic (exact) mass is 496 g/mol. The quantitative estimate of drug-likeness (QED) is 0.308. The Labute approximate surface area is 213 Å². The third kappa shape index (κ3) is 4.10. The Morgan fingerprint density at radius 1 is 0.892 bits per heavy atom. The summed E-state index contributed by atoms with van der Waals surface area (Å²) in [5, 5.41) is 18.4. The molecule has 0 radical (unpaired) electrons. The molecule has 37 heavy (non-hydrogen) atoms. The Bertz CT molecular complexity index is 1570. The highest BCUT2D eigenvalue weighted by atomic mass is 19.1. The van der Waals surface area contributed by atoms with Crippen LogP contribution in [0.1, 0.15) is 42.1 Å². The van der Waals surface area contributed by atoms with Crippen molar-refractivity contribution >= 4 is 28.8 Å². The van der Waals surface area contributed by atoms with Gasteiger partial charge >= 0.3 is 5.91 Å². The minimum absolute atomic E-state index is 0.0109. The molecule has 3 heterocycles. The molecule has 4 aromatic rings. The highest BCUT2D eigenvalue weighted by molar-refractivity contribution is 6.53. The number of amides is 2. The Kier molecular flexibility index (Phi) is 5.95. The van der Waals surface area contributed by atoms with Crippen molar-refractivity contribution in [2.75, 3.05) is 4.90 Å². The molecule has 0 atom stereocenters. The zero-order valence-electron chi connectivity index (χ0n) is 20.9. The lowest BCUT2D eigenvalue weighted by atomic mass is 9.98. The Morgan fingerprint density at radius 3 is 2.16 bits per heavy atom. The number of halogens is 1. The predicted octanol–water partition coefficient (Wildman–Crippen LogP) is 4.05. The zero-order valence-corrected chi connectivity index (χ0v) is 20.9. The number of aryl methyl sites for hydroxylation is 2. The van der Waals surface area contributed by atoms with E-state index < -0.39 is 23.5 Å². The molecule has 0 spiro atoms. The first-order valence-electron chi connectivity index (χ1n) is 11.9. The van der Waals surface area contributed by atoms with Crippen LogP contribution in [0.25, 0.3) is 17.0 Å². The number of hydrogen-bond acceptors (Lipinski definition) is 4. The lowest BCUT2D eigenvalue weighted by Gasteiger charge is -2.16. The molecule has 0 saturated heterocycles. The topological polar surface area (TPSA) is 82.1 Å². The molecule has 0 aliphatic carbocycles. The van der Waals surface area contributed by atoms with Gasteiger partial charge in [-0.25, -0.2) is 14.0 Å². The van der Waals surface area contributed by atoms with Crippen molar-refractivity contribution in [2.24, 2.45) is 0 Å². The molecule has 2 aromatic carbocycles. The molecule has 8 heteroatoms. The van der Waals surface area contributed by atoms with Crippen molar-refractivity contribution < 1.29 is 23.7 Å². The number of anilines is 1. The lowest BCUT2D eigenvalue weighted by Crippen LogP contribution is -2.39. The van der Waals surface area contributed by atoms with E-state index in [0.29, 0.717) is 17.1 Å². The maximum absolute atomic E-state index is 14.0. The van der Waals surface area contributed by atoms with Crippen LogP contribution in [0.4, 0.5) is 10.1 Å². The van der Waals surface area contributed by atoms with Crippen LogP contribution in [0.2, 0.25) is 0 Å². The average Bonchev–Trinajstić information content (AvgIpc) is 3.33. The van der Waals surface area contributed by atoms with E-state index in [1.54, 1.807) is 35.2 Å². The number of aromatic nitrogens is 3. The third-order valence-electron chi connectivity index (χ3n) is 6.30. The van der Waals surface area contributed by atoms with Crippen LogP contribution in [-0.4, -0.2) is 21.6 Å². The molecule has 7 nitrogen and oxygen atoms in total. The van der Waals surface area contributed by atoms with Gasteiger partial charge in [0.05, 0.1) is 17.1 Å². The van der Waals surface area contributed by atoms with Gasteiger partial charge in [0.2, 0.25) is 0 Å². The van der Waals surface area contributed by atoms with Gasteiger partial charge in [-0.1, -0.05) is 31.5 Å². The van der Waals surface area contributed by atoms with Gasteiger partial charge in [-0.15, -0.1) is 0 Å². The number of nitrogens with zero attached hydrogens (tertiary/aromatic N) is 4. The number of carbonyl (C=O) groups excluding carboxylic acids is 2. The number of rotatable bonds is 5. The first-order valence-corrected chi connectivity index (χ1v) is 11.9. The Balaban J connectivity index is 1.79. The van der Waals surface area contributed by atoms with Crippen LogP contribution in [0.3, 0.4) is 0 Å². The third-order valence-corrected chi connectivity index (χ3v) is 6.30. The second-order valence-corrected chi connectivity index (χ2v) is 9.40. The molecular weight excluding hydrogens is 471 g/mol. The number of pyridine rings is 1. The molecule has 0 bridgehead atoms. The molecule has 1 aliphatic rings. The summed E-state index contributed by atoms with van der Waals surface area (Å²) in [6.45, 7) is 7.51. The summed E-state index contributed by atoms with van der Waals surface area (Å²) in [5.41, 5.74) is 3.13. The maximum atomic E-state index is 14.0. The zero-order chi connectivity index (χ0) is 26.4. The Hall–Kier alpha value is -4.59. The minimum Gasteiger partial charge on any atom is -0.858 e. The van der Waals surface area contributed by atoms with Crippen molar-refractivity contribution in [1.29, 1.82) is 0 Å². The lowest BCUT2D eigenvalue weighted by molar-refractivity contribution is -0.577. The van der Waals surface area contributed by atoms with Crippen molar-refractivity contribution in [1.82, 2.24) is 9.78 Å². The van der Waals surface area contributed by atoms with E-state index >= 15 is 0 Å². The molecule has 5 rings (SSSR count). The van der Waals surface area contributed by atoms with E-state index in [2.05, 4.69) is 5.10 Å². The number of imide groups is 1. The molecular formula is C29H25FN4O3. The normalized spacial score (nSPS) is 13.8. The van der Waals surface area contributed by atoms with Gasteiger partial charge in [-0.3, -0.25) is 9.59 Å². The van der Waals surface area contributed by atoms with E-state index in [1.807, 2.05) is 45.9 Å². The number of benzene rings is 2. The largest absolute Gasteiger partial charge is 0.858 e. The van der Waals surface area contributed by atoms with E-state index in [1.165, 1.54) is 24.3 Å². The molecule has 2 amide bonds. The van der Waals surface area contributed by atoms with Crippen LogP contribution in [0.5, 0.6) is 5.88 Å². The average molecular weight is 497 g/mol. The van der Waals surface area contributed by atoms with Crippen molar-refractivity contribution in [2.45, 2.75) is 33.6 Å². The fraction of sp³-hybridized carbons (Fsp3) is 0.172. The van der Waals surface area contributed by atoms with Gasteiger partial charge in [0.1, 0.15) is 11.4 Å². The summed E-state index contributed by atoms with van der Waals surface area (Å²) < 4.78 is 16.3. The molecule has 0 saturated carbocycles. The first kappa shape index (κ1) is 24.1. The van der Waals surface area contributed by atoms with Crippen molar-refractivity contribution in [3.05, 3.63) is 101 Å². The number of carbonyl (C=O) groups is 2. The van der Waals surface area contributed by atoms with Crippen LogP contribution in [0.15, 0.2) is 73.1 Å². The van der Waals surface area contributed by atoms with Crippen molar-refractivity contribution in [3.63, 3.8) is 0 Å². The highest BCUT2D eigenvalue weighted by Crippen LogP contribution is 2.40. The SMILES string of the molecule is Cc1ccc(N2C(=O)C(c3c(C(C)C)nn(-c4ccc(F)cc4)c3[O-])=C([n+]3cccc(C)c3)C2=O)cc1. The predicted molar refractivity (Wildman–Crippen MR) is 135 cm³/mol. The van der Waals surface area contributed by atoms with Gasteiger partial charge < -0.3 is 5.11 Å². The molecule has 2 aromatic heterocycles. The summed E-state index contributed by atoms with van der Waals surface area (Å²) in [6, 6.07) is 16.1. The van der Waals surface area contributed by atoms with Crippen LogP contribution in [-0.2, 0) is 9.59 Å². The summed E-state index contributed by atoms with van der Waals surface area (Å²) in [4.78, 5) is 29.0. The smallest absolute Gasteiger partial charge is 0.331 e. The molecule has 186 valence electrons. The van der Waals surface area contributed by atoms with E-state index in [-0.39, 0.29) is 22.8 Å². The molecule has 0 unspecified atom stereocenters. The maximum Gasteiger partial charge on any atom is 0.331 e. The van der Waals surface area contributed by atoms with Crippen LogP contribution < -0.4 is 14.6 Å². The summed E-state index contributed by atoms with van der Waals surface area (Å²) in [5.74, 6) is -2.38. The fourth-order valence-corrected chi connectivity index (χ4v) is 4.46. The summed E-state index contributed by atoms with van der Waals surface area (Å²) in [6.07, 6.45) is 3.42. The molecule has 0 N–H and O–H groups in total. The molecule has 1 aliphatic heterocycles. The van der Waals surface area contributed by atoms with Crippen LogP contribution >= 0.6 is 0 Å². The fourth-order valence-electron chi connectivity index (χ4n) is 4.46. The van der Waals surface area contributed by atoms with Gasteiger partial charge in [0, 0.05) is 17.2 Å². The van der Waals surface area contributed by atoms with E-state index in [0.717, 1.165) is 20.7 Å². The van der Waals surface area contributed by atoms with Gasteiger partial charge in [0.25, 0.3) is 11.6 Å². The first-order chi connectivity index (χ1) is 17.7. The summed E-state index contributed by atoms with van der Waals surface area (Å²) in [7, 11) is 0. The summed E-state index contributed by atoms with van der Waals surface area (Å²) >= 11 is 0.